The summed E-state index contributed by atoms with van der Waals surface area (Å²) in [6, 6.07) is 0. The Morgan fingerprint density at radius 3 is 2.45 bits per heavy atom. The lowest BCUT2D eigenvalue weighted by molar-refractivity contribution is -0.107. The summed E-state index contributed by atoms with van der Waals surface area (Å²) in [5.74, 6) is 0. The van der Waals surface area contributed by atoms with E-state index in [2.05, 4.69) is 0 Å². The second kappa shape index (κ2) is 5.84. The molecule has 0 aliphatic rings. The number of unbranched alkanes of at least 4 members (excludes halogenated alkanes) is 2. The molecule has 4 nitrogen and oxygen atoms in total. The highest BCUT2D eigenvalue weighted by atomic mass is 32.1. The monoisotopic (exact) mass is 198 g/mol. The van der Waals surface area contributed by atoms with E-state index in [1.165, 1.54) is 0 Å². The van der Waals surface area contributed by atoms with Crippen LogP contribution >= 0.6 is 15.6 Å². The third-order valence-electron chi connectivity index (χ3n) is 1.07. The number of carbonyl (C=O) groups excluding carboxylic acids is 1. The van der Waals surface area contributed by atoms with E-state index in [0.717, 1.165) is 19.1 Å². The first-order valence-corrected chi connectivity index (χ1v) is 6.96. The Balaban J connectivity index is 3.15. The lowest BCUT2D eigenvalue weighted by Crippen LogP contribution is -1.80. The van der Waals surface area contributed by atoms with Crippen LogP contribution in [0.3, 0.4) is 0 Å². The van der Waals surface area contributed by atoms with Crippen molar-refractivity contribution in [3.05, 3.63) is 0 Å². The average molecular weight is 198 g/mol. The van der Waals surface area contributed by atoms with E-state index in [9.17, 15) is 9.36 Å². The largest absolute Gasteiger partial charge is 0.341 e. The Kier molecular flexibility index (Phi) is 5.98. The molecule has 0 amide bonds. The van der Waals surface area contributed by atoms with Gasteiger partial charge in [-0.15, -0.1) is 0 Å². The van der Waals surface area contributed by atoms with Gasteiger partial charge in [0.05, 0.1) is 0 Å². The minimum atomic E-state index is -3.77. The molecule has 0 aliphatic carbocycles. The molecule has 0 saturated carbocycles. The fourth-order valence-electron chi connectivity index (χ4n) is 0.577. The third kappa shape index (κ3) is 10.2. The highest BCUT2D eigenvalue weighted by molar-refractivity contribution is 8.19. The SMILES string of the molecule is O=CCCCCPP(=O)(O)O. The second-order valence-electron chi connectivity index (χ2n) is 2.11. The average Bonchev–Trinajstić information content (AvgIpc) is 1.85. The topological polar surface area (TPSA) is 74.6 Å². The summed E-state index contributed by atoms with van der Waals surface area (Å²) >= 11 is 0. The van der Waals surface area contributed by atoms with Crippen molar-refractivity contribution in [2.75, 3.05) is 6.16 Å². The highest BCUT2D eigenvalue weighted by Gasteiger charge is 2.10. The molecule has 1 atom stereocenters. The van der Waals surface area contributed by atoms with Gasteiger partial charge in [-0.2, -0.15) is 0 Å². The van der Waals surface area contributed by atoms with Crippen LogP contribution in [0.2, 0.25) is 0 Å². The fourth-order valence-corrected chi connectivity index (χ4v) is 2.62. The molecular formula is C5H12O4P2. The minimum absolute atomic E-state index is 0.296. The molecule has 0 bridgehead atoms. The molecule has 66 valence electrons. The van der Waals surface area contributed by atoms with Gasteiger partial charge in [0.1, 0.15) is 6.29 Å². The van der Waals surface area contributed by atoms with Crippen molar-refractivity contribution >= 4 is 21.8 Å². The van der Waals surface area contributed by atoms with E-state index in [0.29, 0.717) is 12.6 Å². The number of carbonyl (C=O) groups is 1. The number of hydrogen-bond acceptors (Lipinski definition) is 2. The maximum atomic E-state index is 10.3. The van der Waals surface area contributed by atoms with Crippen LogP contribution in [0.5, 0.6) is 0 Å². The molecular weight excluding hydrogens is 186 g/mol. The molecule has 11 heavy (non-hydrogen) atoms. The van der Waals surface area contributed by atoms with Crippen molar-refractivity contribution in [2.24, 2.45) is 0 Å². The van der Waals surface area contributed by atoms with Crippen LogP contribution in [-0.2, 0) is 9.36 Å². The molecule has 0 spiro atoms. The van der Waals surface area contributed by atoms with E-state index < -0.39 is 7.28 Å². The van der Waals surface area contributed by atoms with Gasteiger partial charge in [-0.1, -0.05) is 0 Å². The molecule has 0 aliphatic heterocycles. The molecule has 0 aromatic carbocycles. The van der Waals surface area contributed by atoms with Gasteiger partial charge in [-0.3, -0.25) is 4.57 Å². The summed E-state index contributed by atoms with van der Waals surface area (Å²) in [6.45, 7) is 0. The number of aldehydes is 1. The predicted molar refractivity (Wildman–Crippen MR) is 45.1 cm³/mol. The van der Waals surface area contributed by atoms with Crippen molar-refractivity contribution in [3.8, 4) is 0 Å². The first-order valence-electron chi connectivity index (χ1n) is 3.30. The van der Waals surface area contributed by atoms with Gasteiger partial charge < -0.3 is 14.6 Å². The van der Waals surface area contributed by atoms with E-state index in [1.807, 2.05) is 0 Å². The van der Waals surface area contributed by atoms with E-state index in [1.54, 1.807) is 0 Å². The van der Waals surface area contributed by atoms with Crippen LogP contribution in [0, 0.1) is 0 Å². The molecule has 0 saturated heterocycles. The van der Waals surface area contributed by atoms with Crippen molar-refractivity contribution in [2.45, 2.75) is 19.3 Å². The first-order chi connectivity index (χ1) is 5.06. The normalized spacial score (nSPS) is 12.5. The summed E-state index contributed by atoms with van der Waals surface area (Å²) in [7, 11) is -4.07. The lowest BCUT2D eigenvalue weighted by atomic mass is 10.3. The van der Waals surface area contributed by atoms with Crippen molar-refractivity contribution < 1.29 is 19.1 Å². The molecule has 0 rings (SSSR count). The summed E-state index contributed by atoms with van der Waals surface area (Å²) in [6.07, 6.45) is 3.29. The molecule has 1 unspecified atom stereocenters. The maximum absolute atomic E-state index is 10.3. The maximum Gasteiger partial charge on any atom is 0.341 e. The lowest BCUT2D eigenvalue weighted by Gasteiger charge is -2.01. The molecule has 6 heteroatoms. The zero-order valence-corrected chi connectivity index (χ0v) is 7.96. The van der Waals surface area contributed by atoms with Crippen LogP contribution in [0.1, 0.15) is 19.3 Å². The molecule has 0 heterocycles. The Hall–Kier alpha value is 0.250. The van der Waals surface area contributed by atoms with Crippen LogP contribution in [0.4, 0.5) is 0 Å². The van der Waals surface area contributed by atoms with Crippen LogP contribution in [0.15, 0.2) is 0 Å². The van der Waals surface area contributed by atoms with Gasteiger partial charge >= 0.3 is 7.28 Å². The van der Waals surface area contributed by atoms with Gasteiger partial charge in [-0.25, -0.2) is 0 Å². The van der Waals surface area contributed by atoms with Crippen LogP contribution in [-0.4, -0.2) is 22.2 Å². The van der Waals surface area contributed by atoms with E-state index in [4.69, 9.17) is 9.79 Å². The number of rotatable bonds is 6. The Morgan fingerprint density at radius 1 is 1.36 bits per heavy atom. The molecule has 0 fully saturated rings. The quantitative estimate of drug-likeness (QED) is 0.381. The summed E-state index contributed by atoms with van der Waals surface area (Å²) < 4.78 is 10.3. The Labute approximate surface area is 67.2 Å². The van der Waals surface area contributed by atoms with Gasteiger partial charge in [0.25, 0.3) is 0 Å². The van der Waals surface area contributed by atoms with Crippen LogP contribution < -0.4 is 0 Å². The predicted octanol–water partition coefficient (Wildman–Crippen LogP) is 1.13. The smallest absolute Gasteiger partial charge is 0.322 e. The highest BCUT2D eigenvalue weighted by Crippen LogP contribution is 2.56. The van der Waals surface area contributed by atoms with Crippen LogP contribution in [0.25, 0.3) is 0 Å². The van der Waals surface area contributed by atoms with Crippen molar-refractivity contribution in [3.63, 3.8) is 0 Å². The second-order valence-corrected chi connectivity index (χ2v) is 6.72. The minimum Gasteiger partial charge on any atom is -0.322 e. The standard InChI is InChI=1S/C5H12O4P2/c6-4-2-1-3-5-10-11(7,8)9/h4,10H,1-3,5H2,(H2,7,8,9). The Morgan fingerprint density at radius 2 is 2.00 bits per heavy atom. The summed E-state index contributed by atoms with van der Waals surface area (Å²) in [5.41, 5.74) is 0. The molecule has 0 radical (unpaired) electrons. The van der Waals surface area contributed by atoms with Crippen molar-refractivity contribution in [1.29, 1.82) is 0 Å². The Bertz CT molecular complexity index is 153. The van der Waals surface area contributed by atoms with Gasteiger partial charge in [0, 0.05) is 14.7 Å². The fraction of sp³-hybridized carbons (Fsp3) is 0.800. The van der Waals surface area contributed by atoms with E-state index >= 15 is 0 Å². The zero-order chi connectivity index (χ0) is 8.74. The third-order valence-corrected chi connectivity index (χ3v) is 3.96. The molecule has 2 N–H and O–H groups in total. The first kappa shape index (κ1) is 11.2. The molecule has 0 aromatic heterocycles. The van der Waals surface area contributed by atoms with Gasteiger partial charge in [0.15, 0.2) is 0 Å². The van der Waals surface area contributed by atoms with Gasteiger partial charge in [0.2, 0.25) is 0 Å². The summed E-state index contributed by atoms with van der Waals surface area (Å²) in [4.78, 5) is 26.7. The molecule has 0 aromatic rings. The summed E-state index contributed by atoms with van der Waals surface area (Å²) in [5, 5.41) is 0. The van der Waals surface area contributed by atoms with Gasteiger partial charge in [-0.05, 0) is 19.0 Å². The van der Waals surface area contributed by atoms with Crippen molar-refractivity contribution in [1.82, 2.24) is 0 Å². The zero-order valence-electron chi connectivity index (χ0n) is 6.06. The van der Waals surface area contributed by atoms with E-state index in [-0.39, 0.29) is 8.27 Å². The number of hydrogen-bond donors (Lipinski definition) is 2.